The summed E-state index contributed by atoms with van der Waals surface area (Å²) in [5, 5.41) is 25.3. The molecular weight excluding hydrogens is 1270 g/mol. The number of rotatable bonds is 22. The van der Waals surface area contributed by atoms with Gasteiger partial charge in [-0.1, -0.05) is 109 Å². The fourth-order valence-electron chi connectivity index (χ4n) is 11.8. The third-order valence-electron chi connectivity index (χ3n) is 15.8. The molecule has 4 aromatic carbocycles. The summed E-state index contributed by atoms with van der Waals surface area (Å²) in [6.45, 7) is 4.77. The first-order chi connectivity index (χ1) is 46.0. The van der Waals surface area contributed by atoms with E-state index in [2.05, 4.69) is 0 Å². The van der Waals surface area contributed by atoms with E-state index in [1.54, 1.807) is 109 Å². The molecule has 21 atom stereocenters. The van der Waals surface area contributed by atoms with Gasteiger partial charge in [-0.25, -0.2) is 4.79 Å². The number of hydrogen-bond acceptors (Lipinski definition) is 30. The van der Waals surface area contributed by atoms with Crippen LogP contribution in [0.4, 0.5) is 0 Å². The van der Waals surface area contributed by atoms with E-state index in [1.165, 1.54) is 12.1 Å². The zero-order valence-electron chi connectivity index (χ0n) is 53.0. The number of esters is 8. The molecule has 30 heteroatoms. The fourth-order valence-corrected chi connectivity index (χ4v) is 11.8. The van der Waals surface area contributed by atoms with Crippen LogP contribution in [0.2, 0.25) is 0 Å². The second-order valence-corrected chi connectivity index (χ2v) is 23.0. The number of fused-ring (bicyclic) bond motifs is 2. The summed E-state index contributed by atoms with van der Waals surface area (Å²) in [6, 6.07) is 33.7. The average Bonchev–Trinajstić information content (AvgIpc) is 0.750. The molecular formula is C66H74O30. The molecule has 9 unspecified atom stereocenters. The van der Waals surface area contributed by atoms with Crippen molar-refractivity contribution in [2.75, 3.05) is 26.4 Å². The maximum Gasteiger partial charge on any atom is 0.338 e. The molecule has 0 aliphatic carbocycles. The van der Waals surface area contributed by atoms with Gasteiger partial charge in [-0.2, -0.15) is 0 Å². The highest BCUT2D eigenvalue weighted by atomic mass is 16.8. The quantitative estimate of drug-likeness (QED) is 0.0648. The highest BCUT2D eigenvalue weighted by molar-refractivity contribution is 5.89. The molecule has 0 aromatic heterocycles. The van der Waals surface area contributed by atoms with Crippen LogP contribution in [0.15, 0.2) is 121 Å². The van der Waals surface area contributed by atoms with Gasteiger partial charge in [0.05, 0.1) is 25.4 Å². The molecule has 6 heterocycles. The van der Waals surface area contributed by atoms with Crippen LogP contribution in [-0.2, 0) is 135 Å². The van der Waals surface area contributed by atoms with E-state index in [1.807, 2.05) is 0 Å². The minimum atomic E-state index is -3.18. The van der Waals surface area contributed by atoms with Crippen LogP contribution in [0.5, 0.6) is 0 Å². The molecule has 10 rings (SSSR count). The van der Waals surface area contributed by atoms with Gasteiger partial charge in [0.25, 0.3) is 0 Å². The third-order valence-corrected chi connectivity index (χ3v) is 15.8. The van der Waals surface area contributed by atoms with Crippen molar-refractivity contribution in [2.45, 2.75) is 190 Å². The lowest BCUT2D eigenvalue weighted by Gasteiger charge is -2.54. The maximum absolute atomic E-state index is 14.9. The van der Waals surface area contributed by atoms with Crippen LogP contribution in [0.25, 0.3) is 0 Å². The highest BCUT2D eigenvalue weighted by Crippen LogP contribution is 2.45. The van der Waals surface area contributed by atoms with Crippen molar-refractivity contribution in [3.63, 3.8) is 0 Å². The average molecular weight is 1350 g/mol. The van der Waals surface area contributed by atoms with E-state index in [4.69, 9.17) is 94.7 Å². The number of carbonyl (C=O) groups is 8. The molecule has 30 nitrogen and oxygen atoms in total. The Labute approximate surface area is 549 Å². The van der Waals surface area contributed by atoms with Gasteiger partial charge in [-0.15, -0.1) is 0 Å². The number of hydrogen-bond donors (Lipinski definition) is 2. The van der Waals surface area contributed by atoms with Gasteiger partial charge in [-0.05, 0) is 17.7 Å². The minimum absolute atomic E-state index is 0.0273. The molecule has 2 N–H and O–H groups in total. The van der Waals surface area contributed by atoms with Crippen molar-refractivity contribution < 1.29 is 143 Å². The van der Waals surface area contributed by atoms with E-state index >= 15 is 0 Å². The van der Waals surface area contributed by atoms with Gasteiger partial charge < -0.3 is 105 Å². The monoisotopic (exact) mass is 1350 g/mol. The Bertz CT molecular complexity index is 3300. The van der Waals surface area contributed by atoms with Crippen LogP contribution >= 0.6 is 0 Å². The fraction of sp³-hybridized carbons (Fsp3) is 0.515. The molecule has 6 saturated heterocycles. The lowest BCUT2D eigenvalue weighted by Crippen LogP contribution is -2.72. The first-order valence-corrected chi connectivity index (χ1v) is 30.7. The Kier molecular flexibility index (Phi) is 23.6. The standard InChI is InChI=1S/C66H74O30/c1-33(67)77-29-44-48(82-35(3)69)52(84-37(5)71)55(85-38(6)72)62(87-44)94-53-49(83-36(4)70)45(30-78-34(2)68)88-63(56(53)86-39(7)73)95-54-50-46(31-79-60(92-50)42-24-16-10-17-25-42)89-64(57(54)91-59(74)41-22-14-9-15-23-41)96-58-51-47(32-80-61(93-51)43-26-18-11-19-27-43)90-65(66(58,75)76)81-28-40-20-12-8-13-21-40/h8-27,44-58,60-65,75-76H,28-32H2,1-7H3/t44?,45?,46?,47?,48-,49-,50-,51-,52-,53-,54-,55?,56?,57?,58-,60?,61?,62-,63-,64-,65+/m0/s1. The molecule has 0 radical (unpaired) electrons. The van der Waals surface area contributed by atoms with Gasteiger partial charge in [-0.3, -0.25) is 33.6 Å². The zero-order chi connectivity index (χ0) is 68.4. The second kappa shape index (κ2) is 32.0. The zero-order valence-corrected chi connectivity index (χ0v) is 53.0. The van der Waals surface area contributed by atoms with Crippen LogP contribution in [0.3, 0.4) is 0 Å². The Balaban J connectivity index is 1.11. The van der Waals surface area contributed by atoms with Crippen molar-refractivity contribution in [2.24, 2.45) is 0 Å². The Morgan fingerprint density at radius 2 is 0.823 bits per heavy atom. The Hall–Kier alpha value is -7.92. The molecule has 0 saturated carbocycles. The Morgan fingerprint density at radius 1 is 0.417 bits per heavy atom. The van der Waals surface area contributed by atoms with Crippen LogP contribution in [-0.4, -0.2) is 207 Å². The molecule has 6 aliphatic rings. The van der Waals surface area contributed by atoms with E-state index in [0.717, 1.165) is 48.5 Å². The van der Waals surface area contributed by atoms with Gasteiger partial charge >= 0.3 is 47.8 Å². The summed E-state index contributed by atoms with van der Waals surface area (Å²) < 4.78 is 125. The SMILES string of the molecule is CC(=O)OCC1O[C@@H](O[C@@H]2C(OC(C)=O)[C@H](O[C@@H]3C(OC(=O)c4ccccc4)[C@H](O[C@H]4[C@H]5OC(c6ccccc6)OCC5O[C@@H](OCc5ccccc5)C4(O)O)OC4COC(c5ccccc5)O[C@@H]43)OC(COC(C)=O)[C@@H]2OC(C)=O)C(OC(C)=O)[C@@H](OC(C)=O)[C@H]1OC(C)=O. The second-order valence-electron chi connectivity index (χ2n) is 23.0. The first-order valence-electron chi connectivity index (χ1n) is 30.7. The highest BCUT2D eigenvalue weighted by Gasteiger charge is 2.64. The van der Waals surface area contributed by atoms with Gasteiger partial charge in [0.15, 0.2) is 68.1 Å². The third kappa shape index (κ3) is 17.4. The predicted octanol–water partition coefficient (Wildman–Crippen LogP) is 3.18. The molecule has 4 aromatic rings. The lowest BCUT2D eigenvalue weighted by molar-refractivity contribution is -0.460. The normalized spacial score (nSPS) is 33.0. The summed E-state index contributed by atoms with van der Waals surface area (Å²) in [7, 11) is 0. The van der Waals surface area contributed by atoms with Crippen molar-refractivity contribution in [1.82, 2.24) is 0 Å². The predicted molar refractivity (Wildman–Crippen MR) is 314 cm³/mol. The van der Waals surface area contributed by atoms with E-state index in [-0.39, 0.29) is 25.4 Å². The first kappa shape index (κ1) is 70.9. The maximum atomic E-state index is 14.9. The van der Waals surface area contributed by atoms with Crippen LogP contribution in [0.1, 0.15) is 88.1 Å². The molecule has 0 spiro atoms. The number of ether oxygens (including phenoxy) is 20. The van der Waals surface area contributed by atoms with E-state index < -0.39 is 196 Å². The lowest BCUT2D eigenvalue weighted by atomic mass is 9.93. The molecule has 96 heavy (non-hydrogen) atoms. The van der Waals surface area contributed by atoms with E-state index in [9.17, 15) is 48.6 Å². The number of carbonyl (C=O) groups excluding carboxylic acids is 8. The molecule has 6 aliphatic heterocycles. The van der Waals surface area contributed by atoms with Crippen molar-refractivity contribution in [1.29, 1.82) is 0 Å². The van der Waals surface area contributed by atoms with Crippen molar-refractivity contribution in [3.05, 3.63) is 144 Å². The molecule has 0 bridgehead atoms. The van der Waals surface area contributed by atoms with Crippen molar-refractivity contribution >= 4 is 47.8 Å². The van der Waals surface area contributed by atoms with E-state index in [0.29, 0.717) is 16.7 Å². The largest absolute Gasteiger partial charge is 0.463 e. The van der Waals surface area contributed by atoms with Crippen molar-refractivity contribution in [3.8, 4) is 0 Å². The topological polar surface area (TPSA) is 362 Å². The molecule has 0 amide bonds. The molecule has 518 valence electrons. The summed E-state index contributed by atoms with van der Waals surface area (Å²) in [5.74, 6) is -11.0. The number of aliphatic hydroxyl groups is 2. The Morgan fingerprint density at radius 3 is 1.32 bits per heavy atom. The van der Waals surface area contributed by atoms with Gasteiger partial charge in [0.2, 0.25) is 12.1 Å². The summed E-state index contributed by atoms with van der Waals surface area (Å²) in [4.78, 5) is 106. The van der Waals surface area contributed by atoms with Gasteiger partial charge in [0.1, 0.15) is 68.1 Å². The summed E-state index contributed by atoms with van der Waals surface area (Å²) in [5.41, 5.74) is 1.60. The smallest absolute Gasteiger partial charge is 0.338 e. The van der Waals surface area contributed by atoms with Crippen LogP contribution in [0, 0.1) is 0 Å². The van der Waals surface area contributed by atoms with Gasteiger partial charge in [0, 0.05) is 59.6 Å². The minimum Gasteiger partial charge on any atom is -0.463 e. The summed E-state index contributed by atoms with van der Waals surface area (Å²) >= 11 is 0. The summed E-state index contributed by atoms with van der Waals surface area (Å²) in [6.07, 6.45) is -36.6. The number of benzene rings is 4. The van der Waals surface area contributed by atoms with Crippen LogP contribution < -0.4 is 0 Å². The molecule has 6 fully saturated rings.